The maximum atomic E-state index is 12.4. The van der Waals surface area contributed by atoms with Gasteiger partial charge in [-0.3, -0.25) is 0 Å². The van der Waals surface area contributed by atoms with Crippen molar-refractivity contribution in [3.8, 4) is 0 Å². The van der Waals surface area contributed by atoms with Gasteiger partial charge in [-0.2, -0.15) is 0 Å². The molecular weight excluding hydrogens is 206 g/mol. The molecule has 0 fully saturated rings. The molecule has 0 aliphatic rings. The highest BCUT2D eigenvalue weighted by molar-refractivity contribution is 8.00. The lowest BCUT2D eigenvalue weighted by Gasteiger charge is -2.05. The van der Waals surface area contributed by atoms with E-state index in [1.165, 1.54) is 0 Å². The first-order valence-corrected chi connectivity index (χ1v) is 6.64. The minimum absolute atomic E-state index is 0.778. The van der Waals surface area contributed by atoms with Crippen LogP contribution < -0.4 is 0 Å². The zero-order chi connectivity index (χ0) is 11.3. The zero-order valence-electron chi connectivity index (χ0n) is 9.43. The molecule has 82 valence electrons. The summed E-state index contributed by atoms with van der Waals surface area (Å²) in [6.45, 7) is 5.78. The predicted octanol–water partition coefficient (Wildman–Crippen LogP) is 2.86. The van der Waals surface area contributed by atoms with E-state index >= 15 is 0 Å². The van der Waals surface area contributed by atoms with E-state index in [2.05, 4.69) is 4.40 Å². The van der Waals surface area contributed by atoms with Gasteiger partial charge in [0.05, 0.1) is 14.6 Å². The second kappa shape index (κ2) is 5.12. The van der Waals surface area contributed by atoms with Gasteiger partial charge < -0.3 is 0 Å². The van der Waals surface area contributed by atoms with Crippen molar-refractivity contribution >= 4 is 21.3 Å². The van der Waals surface area contributed by atoms with Crippen molar-refractivity contribution < 1.29 is 4.21 Å². The maximum absolute atomic E-state index is 12.4. The third-order valence-electron chi connectivity index (χ3n) is 2.09. The smallest absolute Gasteiger partial charge is 0.0967 e. The first-order chi connectivity index (χ1) is 7.12. The Kier molecular flexibility index (Phi) is 4.09. The average Bonchev–Trinajstić information content (AvgIpc) is 2.27. The Morgan fingerprint density at radius 3 is 2.40 bits per heavy atom. The van der Waals surface area contributed by atoms with Gasteiger partial charge in [-0.1, -0.05) is 24.6 Å². The van der Waals surface area contributed by atoms with Gasteiger partial charge >= 0.3 is 0 Å². The molecule has 3 heteroatoms. The average molecular weight is 223 g/mol. The Morgan fingerprint density at radius 2 is 1.93 bits per heavy atom. The molecule has 0 amide bonds. The number of nitrogens with zero attached hydrogens (tertiary/aromatic N) is 1. The molecule has 0 N–H and O–H groups in total. The number of benzene rings is 1. The second-order valence-electron chi connectivity index (χ2n) is 3.31. The van der Waals surface area contributed by atoms with Crippen LogP contribution in [0.3, 0.4) is 0 Å². The van der Waals surface area contributed by atoms with Crippen LogP contribution in [0.4, 0.5) is 0 Å². The van der Waals surface area contributed by atoms with Gasteiger partial charge in [0.25, 0.3) is 0 Å². The van der Waals surface area contributed by atoms with E-state index in [4.69, 9.17) is 0 Å². The molecule has 0 saturated carbocycles. The van der Waals surface area contributed by atoms with Gasteiger partial charge in [0.15, 0.2) is 0 Å². The first-order valence-electron chi connectivity index (χ1n) is 5.06. The topological polar surface area (TPSA) is 29.4 Å². The third kappa shape index (κ3) is 2.93. The van der Waals surface area contributed by atoms with Crippen LogP contribution >= 0.6 is 0 Å². The Morgan fingerprint density at radius 1 is 1.33 bits per heavy atom. The summed E-state index contributed by atoms with van der Waals surface area (Å²) in [6, 6.07) is 7.68. The fourth-order valence-corrected chi connectivity index (χ4v) is 2.59. The van der Waals surface area contributed by atoms with Crippen LogP contribution in [0.25, 0.3) is 0 Å². The van der Waals surface area contributed by atoms with Crippen molar-refractivity contribution in [3.05, 3.63) is 29.8 Å². The molecular formula is C12H17NOS. The number of hydrogen-bond acceptors (Lipinski definition) is 1. The zero-order valence-corrected chi connectivity index (χ0v) is 10.3. The third-order valence-corrected chi connectivity index (χ3v) is 4.14. The molecule has 0 aliphatic heterocycles. The second-order valence-corrected chi connectivity index (χ2v) is 5.60. The van der Waals surface area contributed by atoms with E-state index in [0.29, 0.717) is 0 Å². The molecule has 0 radical (unpaired) electrons. The minimum atomic E-state index is -2.34. The SMILES string of the molecule is CC=S(=O)(N=CCC)c1ccc(C)cc1. The van der Waals surface area contributed by atoms with Gasteiger partial charge in [0.1, 0.15) is 0 Å². The molecule has 1 atom stereocenters. The molecule has 1 aromatic rings. The van der Waals surface area contributed by atoms with Gasteiger partial charge in [0.2, 0.25) is 0 Å². The summed E-state index contributed by atoms with van der Waals surface area (Å²) in [5, 5.41) is 1.67. The number of hydrogen-bond donors (Lipinski definition) is 0. The van der Waals surface area contributed by atoms with E-state index < -0.39 is 9.71 Å². The molecule has 0 aliphatic carbocycles. The van der Waals surface area contributed by atoms with Crippen molar-refractivity contribution in [1.29, 1.82) is 0 Å². The van der Waals surface area contributed by atoms with Crippen LogP contribution in [0.5, 0.6) is 0 Å². The normalized spacial score (nSPS) is 15.1. The van der Waals surface area contributed by atoms with Crippen molar-refractivity contribution in [2.45, 2.75) is 32.1 Å². The van der Waals surface area contributed by atoms with Crippen LogP contribution in [-0.2, 0) is 9.71 Å². The molecule has 0 bridgehead atoms. The fourth-order valence-electron chi connectivity index (χ4n) is 1.18. The van der Waals surface area contributed by atoms with Crippen LogP contribution in [0.15, 0.2) is 33.6 Å². The van der Waals surface area contributed by atoms with Crippen molar-refractivity contribution in [2.75, 3.05) is 0 Å². The summed E-state index contributed by atoms with van der Waals surface area (Å²) in [6.07, 6.45) is 2.51. The molecule has 1 aromatic carbocycles. The van der Waals surface area contributed by atoms with Crippen molar-refractivity contribution in [2.24, 2.45) is 4.40 Å². The first kappa shape index (κ1) is 12.0. The summed E-state index contributed by atoms with van der Waals surface area (Å²) in [7, 11) is -2.34. The van der Waals surface area contributed by atoms with Crippen LogP contribution in [0.1, 0.15) is 25.8 Å². The lowest BCUT2D eigenvalue weighted by atomic mass is 10.2. The van der Waals surface area contributed by atoms with Gasteiger partial charge in [0, 0.05) is 6.21 Å². The Bertz CT molecular complexity index is 451. The van der Waals surface area contributed by atoms with E-state index in [1.807, 2.05) is 38.1 Å². The largest absolute Gasteiger partial charge is 0.240 e. The fraction of sp³-hybridized carbons (Fsp3) is 0.333. The van der Waals surface area contributed by atoms with Gasteiger partial charge in [-0.05, 0) is 37.8 Å². The Balaban J connectivity index is 3.19. The molecule has 0 heterocycles. The lowest BCUT2D eigenvalue weighted by Crippen LogP contribution is -2.00. The molecule has 2 nitrogen and oxygen atoms in total. The summed E-state index contributed by atoms with van der Waals surface area (Å²) in [5.74, 6) is 0. The molecule has 0 spiro atoms. The quantitative estimate of drug-likeness (QED) is 0.572. The minimum Gasteiger partial charge on any atom is -0.240 e. The summed E-state index contributed by atoms with van der Waals surface area (Å²) >= 11 is 0. The maximum Gasteiger partial charge on any atom is 0.0967 e. The highest BCUT2D eigenvalue weighted by atomic mass is 32.2. The molecule has 0 saturated heterocycles. The molecule has 1 rings (SSSR count). The van der Waals surface area contributed by atoms with Crippen molar-refractivity contribution in [3.63, 3.8) is 0 Å². The van der Waals surface area contributed by atoms with Crippen molar-refractivity contribution in [1.82, 2.24) is 0 Å². The van der Waals surface area contributed by atoms with E-state index in [-0.39, 0.29) is 0 Å². The molecule has 15 heavy (non-hydrogen) atoms. The Labute approximate surface area is 92.2 Å². The summed E-state index contributed by atoms with van der Waals surface area (Å²) in [4.78, 5) is 0.778. The number of aryl methyl sites for hydroxylation is 1. The summed E-state index contributed by atoms with van der Waals surface area (Å²) in [5.41, 5.74) is 1.16. The standard InChI is InChI=1S/C12H17NOS/c1-4-10-13-15(14,5-2)12-8-6-11(3)7-9-12/h5-10H,4H2,1-3H3. The highest BCUT2D eigenvalue weighted by Crippen LogP contribution is 2.13. The van der Waals surface area contributed by atoms with E-state index in [9.17, 15) is 4.21 Å². The Hall–Kier alpha value is -1.09. The lowest BCUT2D eigenvalue weighted by molar-refractivity contribution is 0.682. The van der Waals surface area contributed by atoms with E-state index in [1.54, 1.807) is 18.5 Å². The highest BCUT2D eigenvalue weighted by Gasteiger charge is 2.05. The monoisotopic (exact) mass is 223 g/mol. The summed E-state index contributed by atoms with van der Waals surface area (Å²) < 4.78 is 16.5. The van der Waals surface area contributed by atoms with E-state index in [0.717, 1.165) is 16.9 Å². The van der Waals surface area contributed by atoms with Crippen LogP contribution in [0.2, 0.25) is 0 Å². The number of rotatable bonds is 3. The molecule has 0 aromatic heterocycles. The van der Waals surface area contributed by atoms with Gasteiger partial charge in [-0.25, -0.2) is 8.61 Å². The van der Waals surface area contributed by atoms with Gasteiger partial charge in [-0.15, -0.1) is 0 Å². The van der Waals surface area contributed by atoms with Crippen LogP contribution in [-0.4, -0.2) is 15.8 Å². The predicted molar refractivity (Wildman–Crippen MR) is 68.1 cm³/mol. The molecule has 1 unspecified atom stereocenters. The van der Waals surface area contributed by atoms with Crippen LogP contribution in [0, 0.1) is 6.92 Å².